The molecular formula is C25H20F3N3O3. The maximum Gasteiger partial charge on any atom is 0.416 e. The number of carbonyl (C=O) groups excluding carboxylic acids is 1. The van der Waals surface area contributed by atoms with Gasteiger partial charge in [0.15, 0.2) is 5.69 Å². The third-order valence-electron chi connectivity index (χ3n) is 5.57. The first-order valence-electron chi connectivity index (χ1n) is 10.4. The number of nitrogens with zero attached hydrogens (tertiary/aromatic N) is 1. The summed E-state index contributed by atoms with van der Waals surface area (Å²) in [7, 11) is 0. The molecule has 3 N–H and O–H groups in total. The van der Waals surface area contributed by atoms with Crippen LogP contribution in [0.25, 0.3) is 10.9 Å². The number of hydrogen-bond acceptors (Lipinski definition) is 3. The van der Waals surface area contributed by atoms with Crippen LogP contribution in [0.1, 0.15) is 56.1 Å². The summed E-state index contributed by atoms with van der Waals surface area (Å²) in [5.74, 6) is -1.47. The third kappa shape index (κ3) is 4.78. The lowest BCUT2D eigenvalue weighted by molar-refractivity contribution is -0.137. The highest BCUT2D eigenvalue weighted by Crippen LogP contribution is 2.30. The van der Waals surface area contributed by atoms with E-state index in [4.69, 9.17) is 5.11 Å². The zero-order valence-corrected chi connectivity index (χ0v) is 18.0. The molecule has 0 spiro atoms. The molecule has 1 atom stereocenters. The van der Waals surface area contributed by atoms with Crippen LogP contribution >= 0.6 is 0 Å². The number of carboxylic acid groups (broad SMARTS) is 1. The number of carboxylic acids is 1. The number of hydrogen-bond donors (Lipinski definition) is 3. The fraction of sp³-hybridized carbons (Fsp3) is 0.160. The SMILES string of the molecule is CC(NC(=O)c1n[nH]c2cccc(Cc3ccc(C(F)(F)F)cc3)c12)c1ccc(C(=O)O)cc1. The second-order valence-electron chi connectivity index (χ2n) is 7.91. The molecule has 1 amide bonds. The fourth-order valence-electron chi connectivity index (χ4n) is 3.75. The molecule has 1 aromatic heterocycles. The van der Waals surface area contributed by atoms with Crippen molar-refractivity contribution >= 4 is 22.8 Å². The molecule has 0 radical (unpaired) electrons. The van der Waals surface area contributed by atoms with Crippen molar-refractivity contribution in [1.29, 1.82) is 0 Å². The number of rotatable bonds is 6. The lowest BCUT2D eigenvalue weighted by Gasteiger charge is -2.14. The topological polar surface area (TPSA) is 95.1 Å². The predicted molar refractivity (Wildman–Crippen MR) is 120 cm³/mol. The largest absolute Gasteiger partial charge is 0.478 e. The molecule has 4 aromatic rings. The number of benzene rings is 3. The molecule has 174 valence electrons. The van der Waals surface area contributed by atoms with Gasteiger partial charge >= 0.3 is 12.1 Å². The number of carbonyl (C=O) groups is 2. The van der Waals surface area contributed by atoms with Gasteiger partial charge in [-0.3, -0.25) is 9.89 Å². The van der Waals surface area contributed by atoms with Gasteiger partial charge in [-0.25, -0.2) is 4.79 Å². The van der Waals surface area contributed by atoms with Crippen molar-refractivity contribution in [2.75, 3.05) is 0 Å². The zero-order chi connectivity index (χ0) is 24.5. The summed E-state index contributed by atoms with van der Waals surface area (Å²) in [4.78, 5) is 24.1. The first kappa shape index (κ1) is 23.0. The molecule has 0 fully saturated rings. The number of amides is 1. The van der Waals surface area contributed by atoms with E-state index >= 15 is 0 Å². The Labute approximate surface area is 192 Å². The minimum absolute atomic E-state index is 0.147. The van der Waals surface area contributed by atoms with Crippen LogP contribution in [0.2, 0.25) is 0 Å². The van der Waals surface area contributed by atoms with Crippen molar-refractivity contribution in [2.45, 2.75) is 25.6 Å². The van der Waals surface area contributed by atoms with Gasteiger partial charge in [-0.1, -0.05) is 36.4 Å². The predicted octanol–water partition coefficient (Wildman–Crippen LogP) is 5.36. The first-order chi connectivity index (χ1) is 16.1. The molecule has 9 heteroatoms. The second kappa shape index (κ2) is 9.01. The van der Waals surface area contributed by atoms with Gasteiger partial charge in [0.05, 0.1) is 22.7 Å². The molecule has 6 nitrogen and oxygen atoms in total. The van der Waals surface area contributed by atoms with Crippen LogP contribution in [0.3, 0.4) is 0 Å². The summed E-state index contributed by atoms with van der Waals surface area (Å²) < 4.78 is 38.6. The van der Waals surface area contributed by atoms with E-state index in [1.54, 1.807) is 37.3 Å². The fourth-order valence-corrected chi connectivity index (χ4v) is 3.75. The minimum Gasteiger partial charge on any atom is -0.478 e. The zero-order valence-electron chi connectivity index (χ0n) is 18.0. The molecule has 0 aliphatic carbocycles. The summed E-state index contributed by atoms with van der Waals surface area (Å²) in [6.07, 6.45) is -4.08. The number of aromatic nitrogens is 2. The smallest absolute Gasteiger partial charge is 0.416 e. The quantitative estimate of drug-likeness (QED) is 0.356. The Bertz CT molecular complexity index is 1340. The van der Waals surface area contributed by atoms with Gasteiger partial charge in [0.25, 0.3) is 5.91 Å². The average Bonchev–Trinajstić information content (AvgIpc) is 3.24. The van der Waals surface area contributed by atoms with Gasteiger partial charge in [0.1, 0.15) is 0 Å². The van der Waals surface area contributed by atoms with Crippen molar-refractivity contribution in [3.63, 3.8) is 0 Å². The van der Waals surface area contributed by atoms with Crippen molar-refractivity contribution < 1.29 is 27.9 Å². The van der Waals surface area contributed by atoms with Crippen molar-refractivity contribution in [3.05, 3.63) is 100 Å². The summed E-state index contributed by atoms with van der Waals surface area (Å²) >= 11 is 0. The van der Waals surface area contributed by atoms with Crippen LogP contribution in [-0.2, 0) is 12.6 Å². The minimum atomic E-state index is -4.40. The summed E-state index contributed by atoms with van der Waals surface area (Å²) in [6.45, 7) is 1.77. The molecule has 3 aromatic carbocycles. The van der Waals surface area contributed by atoms with Crippen molar-refractivity contribution in [1.82, 2.24) is 15.5 Å². The molecule has 0 aliphatic heterocycles. The number of aromatic carboxylic acids is 1. The van der Waals surface area contributed by atoms with Crippen molar-refractivity contribution in [2.24, 2.45) is 0 Å². The van der Waals surface area contributed by atoms with E-state index in [1.165, 1.54) is 24.3 Å². The summed E-state index contributed by atoms with van der Waals surface area (Å²) in [5.41, 5.74) is 2.37. The number of nitrogens with one attached hydrogen (secondary N) is 2. The lowest BCUT2D eigenvalue weighted by Crippen LogP contribution is -2.27. The molecule has 1 unspecified atom stereocenters. The monoisotopic (exact) mass is 467 g/mol. The van der Waals surface area contributed by atoms with E-state index in [-0.39, 0.29) is 11.3 Å². The second-order valence-corrected chi connectivity index (χ2v) is 7.91. The molecule has 0 aliphatic rings. The number of halogens is 3. The van der Waals surface area contributed by atoms with Crippen LogP contribution < -0.4 is 5.32 Å². The van der Waals surface area contributed by atoms with E-state index in [0.717, 1.165) is 23.3 Å². The molecular weight excluding hydrogens is 447 g/mol. The van der Waals surface area contributed by atoms with E-state index in [9.17, 15) is 22.8 Å². The standard InChI is InChI=1S/C25H20F3N3O3/c1-14(16-7-9-17(10-8-16)24(33)34)29-23(32)22-21-18(3-2-4-20(21)30-31-22)13-15-5-11-19(12-6-15)25(26,27)28/h2-12,14H,13H2,1H3,(H,29,32)(H,30,31)(H,33,34). The average molecular weight is 467 g/mol. The van der Waals surface area contributed by atoms with Crippen LogP contribution in [0.5, 0.6) is 0 Å². The van der Waals surface area contributed by atoms with Gasteiger partial charge in [0.2, 0.25) is 0 Å². The third-order valence-corrected chi connectivity index (χ3v) is 5.57. The molecule has 34 heavy (non-hydrogen) atoms. The highest BCUT2D eigenvalue weighted by atomic mass is 19.4. The summed E-state index contributed by atoms with van der Waals surface area (Å²) in [6, 6.07) is 16.1. The Morgan fingerprint density at radius 3 is 2.32 bits per heavy atom. The number of H-pyrrole nitrogens is 1. The van der Waals surface area contributed by atoms with Gasteiger partial charge in [0, 0.05) is 5.39 Å². The number of fused-ring (bicyclic) bond motifs is 1. The molecule has 4 rings (SSSR count). The lowest BCUT2D eigenvalue weighted by atomic mass is 9.99. The van der Waals surface area contributed by atoms with Gasteiger partial charge < -0.3 is 10.4 Å². The van der Waals surface area contributed by atoms with Gasteiger partial charge in [-0.2, -0.15) is 18.3 Å². The highest BCUT2D eigenvalue weighted by molar-refractivity contribution is 6.06. The molecule has 1 heterocycles. The molecule has 0 saturated heterocycles. The highest BCUT2D eigenvalue weighted by Gasteiger charge is 2.30. The van der Waals surface area contributed by atoms with Crippen LogP contribution in [-0.4, -0.2) is 27.2 Å². The van der Waals surface area contributed by atoms with Crippen molar-refractivity contribution in [3.8, 4) is 0 Å². The van der Waals surface area contributed by atoms with E-state index in [2.05, 4.69) is 15.5 Å². The van der Waals surface area contributed by atoms with E-state index in [1.807, 2.05) is 0 Å². The Hall–Kier alpha value is -4.14. The Balaban J connectivity index is 1.57. The number of alkyl halides is 3. The normalized spacial score (nSPS) is 12.5. The maximum absolute atomic E-state index is 13.0. The van der Waals surface area contributed by atoms with Gasteiger partial charge in [-0.15, -0.1) is 0 Å². The van der Waals surface area contributed by atoms with Crippen LogP contribution in [0.4, 0.5) is 13.2 Å². The maximum atomic E-state index is 13.0. The van der Waals surface area contributed by atoms with Gasteiger partial charge in [-0.05, 0) is 60.4 Å². The number of aromatic amines is 1. The van der Waals surface area contributed by atoms with Crippen LogP contribution in [0, 0.1) is 0 Å². The Kier molecular flexibility index (Phi) is 6.10. The Morgan fingerprint density at radius 1 is 1.03 bits per heavy atom. The molecule has 0 saturated carbocycles. The van der Waals surface area contributed by atoms with Crippen LogP contribution in [0.15, 0.2) is 66.7 Å². The first-order valence-corrected chi connectivity index (χ1v) is 10.4. The van der Waals surface area contributed by atoms with E-state index in [0.29, 0.717) is 22.9 Å². The molecule has 0 bridgehead atoms. The summed E-state index contributed by atoms with van der Waals surface area (Å²) in [5, 5.41) is 19.5. The Morgan fingerprint density at radius 2 is 1.71 bits per heavy atom. The van der Waals surface area contributed by atoms with E-state index < -0.39 is 29.7 Å².